The van der Waals surface area contributed by atoms with Crippen molar-refractivity contribution in [3.8, 4) is 0 Å². The van der Waals surface area contributed by atoms with Crippen LogP contribution in [0, 0.1) is 0 Å². The van der Waals surface area contributed by atoms with Crippen molar-refractivity contribution in [2.75, 3.05) is 0 Å². The molecule has 0 spiro atoms. The third-order valence-corrected chi connectivity index (χ3v) is 3.30. The van der Waals surface area contributed by atoms with Crippen LogP contribution >= 0.6 is 15.9 Å². The number of hydrogen-bond acceptors (Lipinski definition) is 4. The molecule has 1 N–H and O–H groups in total. The zero-order valence-corrected chi connectivity index (χ0v) is 10.9. The van der Waals surface area contributed by atoms with Crippen LogP contribution < -0.4 is 0 Å². The number of furan rings is 1. The van der Waals surface area contributed by atoms with Crippen molar-refractivity contribution in [3.05, 3.63) is 34.0 Å². The molecule has 2 heterocycles. The van der Waals surface area contributed by atoms with E-state index in [-0.39, 0.29) is 11.6 Å². The van der Waals surface area contributed by atoms with Gasteiger partial charge in [-0.25, -0.2) is 9.48 Å². The molecule has 0 aromatic carbocycles. The predicted molar refractivity (Wildman–Crippen MR) is 64.5 cm³/mol. The Labute approximate surface area is 111 Å². The third kappa shape index (κ3) is 2.05. The van der Waals surface area contributed by atoms with Gasteiger partial charge in [0, 0.05) is 5.92 Å². The molecule has 0 amide bonds. The molecular formula is C11H10BrN3O3. The Morgan fingerprint density at radius 1 is 1.56 bits per heavy atom. The Morgan fingerprint density at radius 2 is 2.33 bits per heavy atom. The van der Waals surface area contributed by atoms with Gasteiger partial charge in [-0.05, 0) is 40.9 Å². The van der Waals surface area contributed by atoms with Crippen LogP contribution in [0.5, 0.6) is 0 Å². The topological polar surface area (TPSA) is 81.1 Å². The summed E-state index contributed by atoms with van der Waals surface area (Å²) >= 11 is 3.23. The maximum Gasteiger partial charge on any atom is 0.358 e. The van der Waals surface area contributed by atoms with E-state index in [0.29, 0.717) is 22.7 Å². The van der Waals surface area contributed by atoms with Gasteiger partial charge in [-0.2, -0.15) is 0 Å². The van der Waals surface area contributed by atoms with Gasteiger partial charge < -0.3 is 9.52 Å². The van der Waals surface area contributed by atoms with Gasteiger partial charge >= 0.3 is 5.97 Å². The Balaban J connectivity index is 1.94. The van der Waals surface area contributed by atoms with Crippen molar-refractivity contribution in [1.29, 1.82) is 0 Å². The van der Waals surface area contributed by atoms with E-state index < -0.39 is 5.97 Å². The van der Waals surface area contributed by atoms with Crippen LogP contribution in [0.4, 0.5) is 0 Å². The van der Waals surface area contributed by atoms with Crippen LogP contribution in [0.3, 0.4) is 0 Å². The monoisotopic (exact) mass is 311 g/mol. The Hall–Kier alpha value is -1.63. The van der Waals surface area contributed by atoms with E-state index in [2.05, 4.69) is 26.2 Å². The van der Waals surface area contributed by atoms with Crippen molar-refractivity contribution >= 4 is 21.9 Å². The average Bonchev–Trinajstić information content (AvgIpc) is 2.94. The second-order valence-electron chi connectivity index (χ2n) is 4.27. The van der Waals surface area contributed by atoms with E-state index in [9.17, 15) is 4.79 Å². The smallest absolute Gasteiger partial charge is 0.358 e. The van der Waals surface area contributed by atoms with Gasteiger partial charge in [-0.1, -0.05) is 5.21 Å². The van der Waals surface area contributed by atoms with E-state index >= 15 is 0 Å². The lowest BCUT2D eigenvalue weighted by Crippen LogP contribution is -2.08. The number of hydrogen-bond donors (Lipinski definition) is 1. The highest BCUT2D eigenvalue weighted by Gasteiger charge is 2.33. The molecule has 0 atom stereocenters. The fraction of sp³-hybridized carbons (Fsp3) is 0.364. The number of carbonyl (C=O) groups is 1. The summed E-state index contributed by atoms with van der Waals surface area (Å²) in [5.41, 5.74) is 0.762. The molecule has 2 aromatic heterocycles. The van der Waals surface area contributed by atoms with Crippen LogP contribution in [-0.2, 0) is 6.54 Å². The van der Waals surface area contributed by atoms with Crippen LogP contribution in [-0.4, -0.2) is 26.1 Å². The van der Waals surface area contributed by atoms with Crippen molar-refractivity contribution in [1.82, 2.24) is 15.0 Å². The van der Waals surface area contributed by atoms with Gasteiger partial charge in [0.15, 0.2) is 10.4 Å². The third-order valence-electron chi connectivity index (χ3n) is 2.87. The second kappa shape index (κ2) is 4.24. The van der Waals surface area contributed by atoms with Crippen molar-refractivity contribution in [2.45, 2.75) is 25.3 Å². The zero-order valence-electron chi connectivity index (χ0n) is 9.34. The highest BCUT2D eigenvalue weighted by molar-refractivity contribution is 9.10. The standard InChI is InChI=1S/C11H10BrN3O3/c12-8-4-3-7(18-8)5-15-10(6-1-2-6)9(11(16)17)13-14-15/h3-4,6H,1-2,5H2,(H,16,17). The normalized spacial score (nSPS) is 14.9. The second-order valence-corrected chi connectivity index (χ2v) is 5.05. The maximum atomic E-state index is 11.1. The summed E-state index contributed by atoms with van der Waals surface area (Å²) < 4.78 is 7.65. The summed E-state index contributed by atoms with van der Waals surface area (Å²) in [6, 6.07) is 3.62. The lowest BCUT2D eigenvalue weighted by molar-refractivity contribution is 0.0689. The van der Waals surface area contributed by atoms with Gasteiger partial charge in [0.05, 0.1) is 5.69 Å². The van der Waals surface area contributed by atoms with Crippen molar-refractivity contribution < 1.29 is 14.3 Å². The summed E-state index contributed by atoms with van der Waals surface area (Å²) in [4.78, 5) is 11.1. The lowest BCUT2D eigenvalue weighted by Gasteiger charge is -2.03. The number of aromatic carboxylic acids is 1. The van der Waals surface area contributed by atoms with E-state index in [4.69, 9.17) is 9.52 Å². The number of aromatic nitrogens is 3. The molecule has 1 fully saturated rings. The Kier molecular flexibility index (Phi) is 2.70. The predicted octanol–water partition coefficient (Wildman–Crippen LogP) is 2.26. The van der Waals surface area contributed by atoms with E-state index in [1.807, 2.05) is 6.07 Å². The highest BCUT2D eigenvalue weighted by Crippen LogP contribution is 2.41. The fourth-order valence-corrected chi connectivity index (χ4v) is 2.27. The summed E-state index contributed by atoms with van der Waals surface area (Å²) in [6.07, 6.45) is 1.99. The SMILES string of the molecule is O=C(O)c1nnn(Cc2ccc(Br)o2)c1C1CC1. The minimum atomic E-state index is -1.02. The van der Waals surface area contributed by atoms with E-state index in [1.165, 1.54) is 0 Å². The van der Waals surface area contributed by atoms with Gasteiger partial charge in [0.25, 0.3) is 0 Å². The molecule has 1 aliphatic rings. The number of halogens is 1. The first kappa shape index (κ1) is 11.5. The molecule has 1 aliphatic carbocycles. The molecule has 94 valence electrons. The van der Waals surface area contributed by atoms with E-state index in [1.54, 1.807) is 10.7 Å². The van der Waals surface area contributed by atoms with Gasteiger partial charge in [-0.3, -0.25) is 0 Å². The molecule has 0 radical (unpaired) electrons. The zero-order chi connectivity index (χ0) is 12.7. The number of rotatable bonds is 4. The quantitative estimate of drug-likeness (QED) is 0.936. The van der Waals surface area contributed by atoms with Crippen LogP contribution in [0.1, 0.15) is 40.7 Å². The molecule has 0 bridgehead atoms. The Bertz CT molecular complexity index is 600. The average molecular weight is 312 g/mol. The van der Waals surface area contributed by atoms with Crippen LogP contribution in [0.2, 0.25) is 0 Å². The molecule has 6 nitrogen and oxygen atoms in total. The molecule has 1 saturated carbocycles. The summed E-state index contributed by atoms with van der Waals surface area (Å²) in [7, 11) is 0. The largest absolute Gasteiger partial charge is 0.476 e. The number of carboxylic acids is 1. The maximum absolute atomic E-state index is 11.1. The molecule has 0 aliphatic heterocycles. The first-order valence-corrected chi connectivity index (χ1v) is 6.35. The first-order valence-electron chi connectivity index (χ1n) is 5.56. The molecule has 7 heteroatoms. The summed E-state index contributed by atoms with van der Waals surface area (Å²) in [5.74, 6) is -0.0427. The summed E-state index contributed by atoms with van der Waals surface area (Å²) in [5, 5.41) is 16.7. The molecule has 0 saturated heterocycles. The lowest BCUT2D eigenvalue weighted by atomic mass is 10.2. The van der Waals surface area contributed by atoms with E-state index in [0.717, 1.165) is 12.8 Å². The molecular weight excluding hydrogens is 302 g/mol. The molecule has 3 rings (SSSR count). The van der Waals surface area contributed by atoms with Gasteiger partial charge in [0.1, 0.15) is 12.3 Å². The minimum absolute atomic E-state index is 0.0584. The molecule has 0 unspecified atom stereocenters. The molecule has 2 aromatic rings. The number of nitrogens with zero attached hydrogens (tertiary/aromatic N) is 3. The van der Waals surface area contributed by atoms with Gasteiger partial charge in [-0.15, -0.1) is 5.10 Å². The van der Waals surface area contributed by atoms with Crippen LogP contribution in [0.25, 0.3) is 0 Å². The first-order chi connectivity index (χ1) is 8.65. The van der Waals surface area contributed by atoms with Crippen molar-refractivity contribution in [3.63, 3.8) is 0 Å². The minimum Gasteiger partial charge on any atom is -0.476 e. The van der Waals surface area contributed by atoms with Crippen molar-refractivity contribution in [2.24, 2.45) is 0 Å². The molecule has 18 heavy (non-hydrogen) atoms. The fourth-order valence-electron chi connectivity index (χ4n) is 1.93. The highest BCUT2D eigenvalue weighted by atomic mass is 79.9. The van der Waals surface area contributed by atoms with Crippen LogP contribution in [0.15, 0.2) is 21.2 Å². The number of carboxylic acid groups (broad SMARTS) is 1. The summed E-state index contributed by atoms with van der Waals surface area (Å²) in [6.45, 7) is 0.401. The Morgan fingerprint density at radius 3 is 2.89 bits per heavy atom. The van der Waals surface area contributed by atoms with Gasteiger partial charge in [0.2, 0.25) is 0 Å².